The van der Waals surface area contributed by atoms with Crippen LogP contribution in [-0.2, 0) is 4.74 Å². The van der Waals surface area contributed by atoms with E-state index in [1.165, 1.54) is 0 Å². The molecule has 1 aromatic rings. The molecule has 3 aliphatic rings. The Bertz CT molecular complexity index is 503. The van der Waals surface area contributed by atoms with E-state index < -0.39 is 0 Å². The number of hydrogen-bond acceptors (Lipinski definition) is 4. The van der Waals surface area contributed by atoms with Crippen molar-refractivity contribution in [2.24, 2.45) is 0 Å². The minimum atomic E-state index is 0.648. The van der Waals surface area contributed by atoms with E-state index in [1.54, 1.807) is 6.20 Å². The maximum absolute atomic E-state index is 5.33. The Hall–Kier alpha value is -1.57. The summed E-state index contributed by atoms with van der Waals surface area (Å²) in [4.78, 5) is 9.38. The predicted molar refractivity (Wildman–Crippen MR) is 68.4 cm³/mol. The molecule has 0 aromatic carbocycles. The number of anilines is 1. The lowest BCUT2D eigenvalue weighted by Gasteiger charge is -2.65. The zero-order valence-corrected chi connectivity index (χ0v) is 10.1. The number of terminal acetylenes is 1. The summed E-state index contributed by atoms with van der Waals surface area (Å²) in [6.45, 7) is 4.07. The molecule has 1 unspecified atom stereocenters. The molecule has 0 radical (unpaired) electrons. The summed E-state index contributed by atoms with van der Waals surface area (Å²) in [5, 5.41) is 0. The molecule has 4 heteroatoms. The molecule has 4 rings (SSSR count). The molecule has 4 nitrogen and oxygen atoms in total. The predicted octanol–water partition coefficient (Wildman–Crippen LogP) is 0.334. The van der Waals surface area contributed by atoms with Gasteiger partial charge in [-0.2, -0.15) is 0 Å². The van der Waals surface area contributed by atoms with Crippen LogP contribution < -0.4 is 4.90 Å². The standard InChI is InChI=1S/C14H15N3O/c1-2-10-3-4-14(15-5-10)17-7-12-13(17)6-16(12)11-8-18-9-11/h1,3-5,11-13H,6-9H2/t12?,13-/m0/s1. The number of fused-ring (bicyclic) bond motifs is 1. The summed E-state index contributed by atoms with van der Waals surface area (Å²) in [6, 6.07) is 6.03. The molecule has 0 saturated carbocycles. The van der Waals surface area contributed by atoms with Crippen molar-refractivity contribution in [2.45, 2.75) is 18.1 Å². The lowest BCUT2D eigenvalue weighted by Crippen LogP contribution is -2.82. The molecule has 18 heavy (non-hydrogen) atoms. The van der Waals surface area contributed by atoms with Crippen LogP contribution in [0, 0.1) is 12.3 Å². The number of nitrogens with zero attached hydrogens (tertiary/aromatic N) is 3. The molecule has 0 bridgehead atoms. The van der Waals surface area contributed by atoms with Crippen molar-refractivity contribution in [3.63, 3.8) is 0 Å². The van der Waals surface area contributed by atoms with Crippen molar-refractivity contribution < 1.29 is 4.74 Å². The molecule has 92 valence electrons. The number of ether oxygens (including phenoxy) is 1. The van der Waals surface area contributed by atoms with Gasteiger partial charge in [0.25, 0.3) is 0 Å². The zero-order valence-electron chi connectivity index (χ0n) is 10.1. The third-order valence-corrected chi connectivity index (χ3v) is 4.35. The molecular formula is C14H15N3O. The van der Waals surface area contributed by atoms with Gasteiger partial charge in [-0.15, -0.1) is 6.42 Å². The summed E-state index contributed by atoms with van der Waals surface area (Å²) in [6.07, 6.45) is 7.11. The van der Waals surface area contributed by atoms with Gasteiger partial charge in [0.15, 0.2) is 0 Å². The van der Waals surface area contributed by atoms with E-state index in [1.807, 2.05) is 12.1 Å². The van der Waals surface area contributed by atoms with Crippen LogP contribution in [-0.4, -0.2) is 54.3 Å². The van der Waals surface area contributed by atoms with Crippen molar-refractivity contribution >= 4 is 5.82 Å². The summed E-state index contributed by atoms with van der Waals surface area (Å²) >= 11 is 0. The fourth-order valence-electron chi connectivity index (χ4n) is 3.03. The molecular weight excluding hydrogens is 226 g/mol. The molecule has 3 aliphatic heterocycles. The number of piperazine rings is 1. The SMILES string of the molecule is C#Cc1ccc(N2CC3[C@@H]2CN3C2COC2)nc1. The van der Waals surface area contributed by atoms with Gasteiger partial charge in [-0.25, -0.2) is 4.98 Å². The second-order valence-electron chi connectivity index (χ2n) is 5.22. The smallest absolute Gasteiger partial charge is 0.128 e. The molecule has 3 fully saturated rings. The highest BCUT2D eigenvalue weighted by Gasteiger charge is 2.54. The van der Waals surface area contributed by atoms with Crippen LogP contribution in [0.5, 0.6) is 0 Å². The van der Waals surface area contributed by atoms with Crippen molar-refractivity contribution in [1.82, 2.24) is 9.88 Å². The van der Waals surface area contributed by atoms with Gasteiger partial charge in [-0.1, -0.05) is 5.92 Å². The van der Waals surface area contributed by atoms with E-state index >= 15 is 0 Å². The Kier molecular flexibility index (Phi) is 2.14. The molecule has 0 amide bonds. The molecule has 4 heterocycles. The fraction of sp³-hybridized carbons (Fsp3) is 0.500. The number of likely N-dealkylation sites (tertiary alicyclic amines) is 1. The average Bonchev–Trinajstić information content (AvgIpc) is 2.33. The lowest BCUT2D eigenvalue weighted by molar-refractivity contribution is -0.132. The van der Waals surface area contributed by atoms with E-state index in [0.717, 1.165) is 37.7 Å². The Morgan fingerprint density at radius 2 is 2.17 bits per heavy atom. The quantitative estimate of drug-likeness (QED) is 0.698. The minimum absolute atomic E-state index is 0.648. The minimum Gasteiger partial charge on any atom is -0.378 e. The van der Waals surface area contributed by atoms with Crippen LogP contribution in [0.1, 0.15) is 5.56 Å². The molecule has 3 saturated heterocycles. The van der Waals surface area contributed by atoms with Crippen molar-refractivity contribution in [1.29, 1.82) is 0 Å². The van der Waals surface area contributed by atoms with Crippen LogP contribution in [0.2, 0.25) is 0 Å². The van der Waals surface area contributed by atoms with Crippen LogP contribution >= 0.6 is 0 Å². The monoisotopic (exact) mass is 241 g/mol. The van der Waals surface area contributed by atoms with Crippen LogP contribution in [0.25, 0.3) is 0 Å². The van der Waals surface area contributed by atoms with E-state index in [2.05, 4.69) is 20.7 Å². The topological polar surface area (TPSA) is 28.6 Å². The molecule has 0 spiro atoms. The van der Waals surface area contributed by atoms with Crippen LogP contribution in [0.15, 0.2) is 18.3 Å². The van der Waals surface area contributed by atoms with Crippen molar-refractivity contribution in [3.05, 3.63) is 23.9 Å². The van der Waals surface area contributed by atoms with E-state index in [-0.39, 0.29) is 0 Å². The molecule has 0 N–H and O–H groups in total. The number of hydrogen-bond donors (Lipinski definition) is 0. The fourth-order valence-corrected chi connectivity index (χ4v) is 3.03. The van der Waals surface area contributed by atoms with Gasteiger partial charge >= 0.3 is 0 Å². The third kappa shape index (κ3) is 1.32. The molecule has 2 atom stereocenters. The third-order valence-electron chi connectivity index (χ3n) is 4.35. The highest BCUT2D eigenvalue weighted by Crippen LogP contribution is 2.38. The Balaban J connectivity index is 1.42. The second-order valence-corrected chi connectivity index (χ2v) is 5.22. The van der Waals surface area contributed by atoms with Gasteiger partial charge in [0, 0.05) is 30.9 Å². The maximum Gasteiger partial charge on any atom is 0.128 e. The zero-order chi connectivity index (χ0) is 12.1. The van der Waals surface area contributed by atoms with Crippen LogP contribution in [0.4, 0.5) is 5.82 Å². The average molecular weight is 241 g/mol. The highest BCUT2D eigenvalue weighted by atomic mass is 16.5. The van der Waals surface area contributed by atoms with Gasteiger partial charge < -0.3 is 9.64 Å². The van der Waals surface area contributed by atoms with Gasteiger partial charge in [0.05, 0.1) is 25.3 Å². The van der Waals surface area contributed by atoms with Crippen molar-refractivity contribution in [2.75, 3.05) is 31.2 Å². The largest absolute Gasteiger partial charge is 0.378 e. The maximum atomic E-state index is 5.33. The second kappa shape index (κ2) is 3.71. The lowest BCUT2D eigenvalue weighted by atomic mass is 9.83. The summed E-state index contributed by atoms with van der Waals surface area (Å²) in [7, 11) is 0. The number of pyridine rings is 1. The van der Waals surface area contributed by atoms with E-state index in [4.69, 9.17) is 11.2 Å². The first kappa shape index (κ1) is 10.4. The molecule has 0 aliphatic carbocycles. The van der Waals surface area contributed by atoms with Gasteiger partial charge in [-0.05, 0) is 12.1 Å². The van der Waals surface area contributed by atoms with Gasteiger partial charge in [0.1, 0.15) is 5.82 Å². The number of rotatable bonds is 2. The first-order valence-electron chi connectivity index (χ1n) is 6.39. The van der Waals surface area contributed by atoms with Gasteiger partial charge in [0.2, 0.25) is 0 Å². The first-order valence-corrected chi connectivity index (χ1v) is 6.39. The van der Waals surface area contributed by atoms with E-state index in [0.29, 0.717) is 18.1 Å². The Labute approximate surface area is 107 Å². The Morgan fingerprint density at radius 1 is 1.28 bits per heavy atom. The van der Waals surface area contributed by atoms with E-state index in [9.17, 15) is 0 Å². The summed E-state index contributed by atoms with van der Waals surface area (Å²) in [5.74, 6) is 3.65. The van der Waals surface area contributed by atoms with Crippen LogP contribution in [0.3, 0.4) is 0 Å². The van der Waals surface area contributed by atoms with Crippen molar-refractivity contribution in [3.8, 4) is 12.3 Å². The molecule has 1 aromatic heterocycles. The Morgan fingerprint density at radius 3 is 2.67 bits per heavy atom. The number of aromatic nitrogens is 1. The van der Waals surface area contributed by atoms with Gasteiger partial charge in [-0.3, -0.25) is 4.90 Å². The first-order chi connectivity index (χ1) is 8.86. The summed E-state index contributed by atoms with van der Waals surface area (Å²) < 4.78 is 5.25. The highest BCUT2D eigenvalue weighted by molar-refractivity contribution is 5.49. The normalized spacial score (nSPS) is 30.7. The summed E-state index contributed by atoms with van der Waals surface area (Å²) in [5.41, 5.74) is 0.845.